The SMILES string of the molecule is CCCNC(C)CCCN1CCCC(C)(C)CC1. The maximum Gasteiger partial charge on any atom is 0.00391 e. The zero-order chi connectivity index (χ0) is 13.4. The Bertz CT molecular complexity index is 213. The van der Waals surface area contributed by atoms with Gasteiger partial charge in [0.1, 0.15) is 0 Å². The predicted molar refractivity (Wildman–Crippen MR) is 81.1 cm³/mol. The van der Waals surface area contributed by atoms with Gasteiger partial charge in [0.15, 0.2) is 0 Å². The van der Waals surface area contributed by atoms with Crippen LogP contribution in [-0.2, 0) is 0 Å². The molecule has 18 heavy (non-hydrogen) atoms. The van der Waals surface area contributed by atoms with Crippen LogP contribution in [0, 0.1) is 5.41 Å². The summed E-state index contributed by atoms with van der Waals surface area (Å²) >= 11 is 0. The first-order valence-corrected chi connectivity index (χ1v) is 7.99. The third kappa shape index (κ3) is 6.75. The summed E-state index contributed by atoms with van der Waals surface area (Å²) in [6.07, 6.45) is 8.06. The Labute approximate surface area is 115 Å². The summed E-state index contributed by atoms with van der Waals surface area (Å²) in [5, 5.41) is 3.58. The molecule has 108 valence electrons. The van der Waals surface area contributed by atoms with Crippen molar-refractivity contribution in [2.45, 2.75) is 72.3 Å². The Morgan fingerprint density at radius 3 is 2.72 bits per heavy atom. The monoisotopic (exact) mass is 254 g/mol. The summed E-state index contributed by atoms with van der Waals surface area (Å²) in [5.74, 6) is 0. The molecule has 1 unspecified atom stereocenters. The van der Waals surface area contributed by atoms with Crippen molar-refractivity contribution in [3.8, 4) is 0 Å². The van der Waals surface area contributed by atoms with Crippen LogP contribution in [0.25, 0.3) is 0 Å². The van der Waals surface area contributed by atoms with Crippen molar-refractivity contribution in [3.05, 3.63) is 0 Å². The van der Waals surface area contributed by atoms with Gasteiger partial charge in [0.05, 0.1) is 0 Å². The molecule has 1 heterocycles. The molecule has 0 aliphatic carbocycles. The highest BCUT2D eigenvalue weighted by Gasteiger charge is 2.22. The fourth-order valence-electron chi connectivity index (χ4n) is 2.82. The molecule has 0 amide bonds. The normalized spacial score (nSPS) is 22.7. The van der Waals surface area contributed by atoms with Crippen molar-refractivity contribution in [1.82, 2.24) is 10.2 Å². The summed E-state index contributed by atoms with van der Waals surface area (Å²) in [7, 11) is 0. The Morgan fingerprint density at radius 2 is 2.00 bits per heavy atom. The molecule has 1 aliphatic heterocycles. The number of nitrogens with zero attached hydrogens (tertiary/aromatic N) is 1. The van der Waals surface area contributed by atoms with E-state index in [1.165, 1.54) is 64.7 Å². The van der Waals surface area contributed by atoms with Crippen molar-refractivity contribution in [2.75, 3.05) is 26.2 Å². The van der Waals surface area contributed by atoms with Crippen LogP contribution in [0.4, 0.5) is 0 Å². The molecule has 1 aliphatic rings. The van der Waals surface area contributed by atoms with Gasteiger partial charge in [-0.2, -0.15) is 0 Å². The van der Waals surface area contributed by atoms with Crippen LogP contribution in [-0.4, -0.2) is 37.1 Å². The molecule has 0 bridgehead atoms. The maximum absolute atomic E-state index is 3.58. The van der Waals surface area contributed by atoms with Crippen LogP contribution in [0.1, 0.15) is 66.2 Å². The third-order valence-electron chi connectivity index (χ3n) is 4.29. The molecular formula is C16H34N2. The summed E-state index contributed by atoms with van der Waals surface area (Å²) < 4.78 is 0. The second-order valence-electron chi connectivity index (χ2n) is 6.86. The zero-order valence-corrected chi connectivity index (χ0v) is 13.1. The second kappa shape index (κ2) is 8.16. The highest BCUT2D eigenvalue weighted by molar-refractivity contribution is 4.76. The molecule has 0 saturated carbocycles. The molecule has 1 N–H and O–H groups in total. The van der Waals surface area contributed by atoms with Gasteiger partial charge in [-0.05, 0) is 77.0 Å². The van der Waals surface area contributed by atoms with E-state index >= 15 is 0 Å². The highest BCUT2D eigenvalue weighted by atomic mass is 15.1. The van der Waals surface area contributed by atoms with E-state index in [-0.39, 0.29) is 0 Å². The van der Waals surface area contributed by atoms with E-state index in [1.54, 1.807) is 0 Å². The van der Waals surface area contributed by atoms with Crippen molar-refractivity contribution >= 4 is 0 Å². The van der Waals surface area contributed by atoms with Gasteiger partial charge in [-0.15, -0.1) is 0 Å². The van der Waals surface area contributed by atoms with Gasteiger partial charge in [0.2, 0.25) is 0 Å². The maximum atomic E-state index is 3.58. The third-order valence-corrected chi connectivity index (χ3v) is 4.29. The van der Waals surface area contributed by atoms with Gasteiger partial charge in [-0.1, -0.05) is 20.8 Å². The first kappa shape index (κ1) is 16.0. The Kier molecular flexibility index (Phi) is 7.25. The number of rotatable bonds is 7. The molecule has 0 spiro atoms. The molecule has 0 aromatic carbocycles. The van der Waals surface area contributed by atoms with E-state index < -0.39 is 0 Å². The fourth-order valence-corrected chi connectivity index (χ4v) is 2.82. The van der Waals surface area contributed by atoms with E-state index in [9.17, 15) is 0 Å². The minimum Gasteiger partial charge on any atom is -0.314 e. The van der Waals surface area contributed by atoms with Crippen molar-refractivity contribution in [1.29, 1.82) is 0 Å². The first-order valence-electron chi connectivity index (χ1n) is 7.99. The lowest BCUT2D eigenvalue weighted by atomic mass is 9.85. The Morgan fingerprint density at radius 1 is 1.22 bits per heavy atom. The molecule has 1 fully saturated rings. The van der Waals surface area contributed by atoms with Crippen molar-refractivity contribution in [2.24, 2.45) is 5.41 Å². The lowest BCUT2D eigenvalue weighted by Crippen LogP contribution is -2.30. The van der Waals surface area contributed by atoms with Gasteiger partial charge in [-0.3, -0.25) is 0 Å². The standard InChI is InChI=1S/C16H34N2/c1-5-11-17-15(2)8-6-12-18-13-7-9-16(3,4)10-14-18/h15,17H,5-14H2,1-4H3. The average molecular weight is 254 g/mol. The lowest BCUT2D eigenvalue weighted by molar-refractivity contribution is 0.255. The number of hydrogen-bond donors (Lipinski definition) is 1. The molecule has 1 rings (SSSR count). The molecule has 2 heteroatoms. The molecule has 0 radical (unpaired) electrons. The first-order chi connectivity index (χ1) is 8.53. The van der Waals surface area contributed by atoms with Gasteiger partial charge < -0.3 is 10.2 Å². The van der Waals surface area contributed by atoms with E-state index in [0.29, 0.717) is 11.5 Å². The smallest absolute Gasteiger partial charge is 0.00391 e. The molecule has 1 atom stereocenters. The van der Waals surface area contributed by atoms with Crippen molar-refractivity contribution < 1.29 is 0 Å². The highest BCUT2D eigenvalue weighted by Crippen LogP contribution is 2.29. The van der Waals surface area contributed by atoms with Crippen LogP contribution in [0.2, 0.25) is 0 Å². The van der Waals surface area contributed by atoms with Crippen LogP contribution in [0.5, 0.6) is 0 Å². The van der Waals surface area contributed by atoms with Crippen LogP contribution >= 0.6 is 0 Å². The minimum absolute atomic E-state index is 0.574. The van der Waals surface area contributed by atoms with E-state index in [4.69, 9.17) is 0 Å². The summed E-state index contributed by atoms with van der Waals surface area (Å²) in [6.45, 7) is 14.5. The summed E-state index contributed by atoms with van der Waals surface area (Å²) in [4.78, 5) is 2.68. The zero-order valence-electron chi connectivity index (χ0n) is 13.1. The topological polar surface area (TPSA) is 15.3 Å². The molecule has 1 saturated heterocycles. The molecule has 0 aromatic heterocycles. The van der Waals surface area contributed by atoms with E-state index in [0.717, 1.165) is 0 Å². The molecular weight excluding hydrogens is 220 g/mol. The van der Waals surface area contributed by atoms with Crippen molar-refractivity contribution in [3.63, 3.8) is 0 Å². The fraction of sp³-hybridized carbons (Fsp3) is 1.00. The number of nitrogens with one attached hydrogen (secondary N) is 1. The molecule has 0 aromatic rings. The van der Waals surface area contributed by atoms with Gasteiger partial charge in [-0.25, -0.2) is 0 Å². The minimum atomic E-state index is 0.574. The van der Waals surface area contributed by atoms with Crippen LogP contribution in [0.3, 0.4) is 0 Å². The van der Waals surface area contributed by atoms with Crippen LogP contribution < -0.4 is 5.32 Å². The largest absolute Gasteiger partial charge is 0.314 e. The van der Waals surface area contributed by atoms with E-state index in [2.05, 4.69) is 37.9 Å². The van der Waals surface area contributed by atoms with E-state index in [1.807, 2.05) is 0 Å². The Balaban J connectivity index is 2.12. The predicted octanol–water partition coefficient (Wildman–Crippen LogP) is 3.67. The summed E-state index contributed by atoms with van der Waals surface area (Å²) in [6, 6.07) is 0.688. The van der Waals surface area contributed by atoms with Gasteiger partial charge >= 0.3 is 0 Å². The Hall–Kier alpha value is -0.0800. The number of likely N-dealkylation sites (tertiary alicyclic amines) is 1. The van der Waals surface area contributed by atoms with Gasteiger partial charge in [0.25, 0.3) is 0 Å². The van der Waals surface area contributed by atoms with Gasteiger partial charge in [0, 0.05) is 6.04 Å². The second-order valence-corrected chi connectivity index (χ2v) is 6.86. The average Bonchev–Trinajstić information content (AvgIpc) is 2.48. The number of hydrogen-bond acceptors (Lipinski definition) is 2. The lowest BCUT2D eigenvalue weighted by Gasteiger charge is -2.23. The molecule has 2 nitrogen and oxygen atoms in total. The quantitative estimate of drug-likeness (QED) is 0.746. The summed E-state index contributed by atoms with van der Waals surface area (Å²) in [5.41, 5.74) is 0.574. The van der Waals surface area contributed by atoms with Crippen LogP contribution in [0.15, 0.2) is 0 Å².